The highest BCUT2D eigenvalue weighted by molar-refractivity contribution is 9.10. The molecule has 1 N–H and O–H groups in total. The molecule has 0 unspecified atom stereocenters. The third-order valence-corrected chi connectivity index (χ3v) is 3.97. The molecule has 1 amide bonds. The van der Waals surface area contributed by atoms with Gasteiger partial charge in [-0.15, -0.1) is 10.2 Å². The Morgan fingerprint density at radius 2 is 2.04 bits per heavy atom. The van der Waals surface area contributed by atoms with Crippen molar-refractivity contribution >= 4 is 21.8 Å². The highest BCUT2D eigenvalue weighted by Crippen LogP contribution is 2.25. The van der Waals surface area contributed by atoms with Gasteiger partial charge in [0.25, 0.3) is 5.91 Å². The molecule has 25 heavy (non-hydrogen) atoms. The fourth-order valence-electron chi connectivity index (χ4n) is 2.15. The Balaban J connectivity index is 1.56. The van der Waals surface area contributed by atoms with Crippen molar-refractivity contribution in [1.82, 2.24) is 20.1 Å². The highest BCUT2D eigenvalue weighted by Gasteiger charge is 2.10. The summed E-state index contributed by atoms with van der Waals surface area (Å²) in [6, 6.07) is 13.6. The number of para-hydroxylation sites is 1. The molecule has 0 fully saturated rings. The second-order valence-electron chi connectivity index (χ2n) is 5.09. The van der Waals surface area contributed by atoms with Gasteiger partial charge < -0.3 is 10.1 Å². The van der Waals surface area contributed by atoms with Gasteiger partial charge in [-0.1, -0.05) is 18.2 Å². The summed E-state index contributed by atoms with van der Waals surface area (Å²) in [6.07, 6.45) is 1.59. The Bertz CT molecular complexity index is 870. The molecule has 8 heteroatoms. The fraction of sp³-hybridized carbons (Fsp3) is 0.118. The molecule has 2 aromatic carbocycles. The van der Waals surface area contributed by atoms with E-state index < -0.39 is 0 Å². The maximum Gasteiger partial charge on any atom is 0.258 e. The van der Waals surface area contributed by atoms with Crippen LogP contribution >= 0.6 is 15.9 Å². The molecule has 0 aliphatic carbocycles. The van der Waals surface area contributed by atoms with Crippen LogP contribution in [-0.4, -0.2) is 27.3 Å². The standard InChI is InChI=1S/C17H14BrFN4O2/c18-14-8-12(19)6-7-15(14)25-10-17(24)20-9-16-22-21-11-23(16)13-4-2-1-3-5-13/h1-8,11H,9-10H2,(H,20,24). The molecule has 0 spiro atoms. The molecule has 0 aliphatic rings. The lowest BCUT2D eigenvalue weighted by Gasteiger charge is -2.10. The van der Waals surface area contributed by atoms with Gasteiger partial charge in [0.1, 0.15) is 17.9 Å². The summed E-state index contributed by atoms with van der Waals surface area (Å²) in [5, 5.41) is 10.6. The van der Waals surface area contributed by atoms with E-state index >= 15 is 0 Å². The van der Waals surface area contributed by atoms with Crippen LogP contribution < -0.4 is 10.1 Å². The number of nitrogens with one attached hydrogen (secondary N) is 1. The number of nitrogens with zero attached hydrogens (tertiary/aromatic N) is 3. The highest BCUT2D eigenvalue weighted by atomic mass is 79.9. The number of rotatable bonds is 6. The zero-order valence-corrected chi connectivity index (χ0v) is 14.6. The van der Waals surface area contributed by atoms with Gasteiger partial charge >= 0.3 is 0 Å². The summed E-state index contributed by atoms with van der Waals surface area (Å²) < 4.78 is 20.6. The van der Waals surface area contributed by atoms with Crippen LogP contribution in [0.4, 0.5) is 4.39 Å². The van der Waals surface area contributed by atoms with Gasteiger partial charge in [0.15, 0.2) is 12.4 Å². The van der Waals surface area contributed by atoms with E-state index in [1.165, 1.54) is 18.2 Å². The average molecular weight is 405 g/mol. The molecule has 0 saturated heterocycles. The van der Waals surface area contributed by atoms with E-state index in [-0.39, 0.29) is 24.9 Å². The predicted molar refractivity (Wildman–Crippen MR) is 92.8 cm³/mol. The Kier molecular flexibility index (Phi) is 5.39. The van der Waals surface area contributed by atoms with Crippen LogP contribution in [0.25, 0.3) is 5.69 Å². The van der Waals surface area contributed by atoms with Gasteiger partial charge in [0.05, 0.1) is 11.0 Å². The number of carbonyl (C=O) groups is 1. The molecule has 0 radical (unpaired) electrons. The number of ether oxygens (including phenoxy) is 1. The second kappa shape index (κ2) is 7.89. The molecule has 128 valence electrons. The second-order valence-corrected chi connectivity index (χ2v) is 5.95. The zero-order valence-electron chi connectivity index (χ0n) is 13.0. The van der Waals surface area contributed by atoms with E-state index in [0.717, 1.165) is 5.69 Å². The normalized spacial score (nSPS) is 10.5. The topological polar surface area (TPSA) is 69.0 Å². The van der Waals surface area contributed by atoms with Crippen LogP contribution in [0.1, 0.15) is 5.82 Å². The lowest BCUT2D eigenvalue weighted by Crippen LogP contribution is -2.29. The first-order valence-corrected chi connectivity index (χ1v) is 8.21. The maximum absolute atomic E-state index is 13.0. The Hall–Kier alpha value is -2.74. The van der Waals surface area contributed by atoms with Crippen LogP contribution in [0.3, 0.4) is 0 Å². The predicted octanol–water partition coefficient (Wildman–Crippen LogP) is 2.86. The van der Waals surface area contributed by atoms with Crippen LogP contribution in [0, 0.1) is 5.82 Å². The van der Waals surface area contributed by atoms with Gasteiger partial charge in [-0.25, -0.2) is 4.39 Å². The summed E-state index contributed by atoms with van der Waals surface area (Å²) in [4.78, 5) is 12.0. The van der Waals surface area contributed by atoms with Crippen molar-refractivity contribution in [3.8, 4) is 11.4 Å². The third-order valence-electron chi connectivity index (χ3n) is 3.35. The lowest BCUT2D eigenvalue weighted by atomic mass is 10.3. The number of halogens is 2. The number of carbonyl (C=O) groups excluding carboxylic acids is 1. The summed E-state index contributed by atoms with van der Waals surface area (Å²) in [5.41, 5.74) is 0.906. The van der Waals surface area contributed by atoms with Gasteiger partial charge in [0, 0.05) is 5.69 Å². The van der Waals surface area contributed by atoms with Crippen molar-refractivity contribution in [1.29, 1.82) is 0 Å². The lowest BCUT2D eigenvalue weighted by molar-refractivity contribution is -0.123. The molecule has 1 heterocycles. The van der Waals surface area contributed by atoms with E-state index in [1.807, 2.05) is 30.3 Å². The van der Waals surface area contributed by atoms with Crippen molar-refractivity contribution in [2.45, 2.75) is 6.54 Å². The summed E-state index contributed by atoms with van der Waals surface area (Å²) in [7, 11) is 0. The minimum absolute atomic E-state index is 0.191. The number of benzene rings is 2. The van der Waals surface area contributed by atoms with Crippen LogP contribution in [-0.2, 0) is 11.3 Å². The molecule has 3 rings (SSSR count). The van der Waals surface area contributed by atoms with Gasteiger partial charge in [-0.2, -0.15) is 0 Å². The fourth-order valence-corrected chi connectivity index (χ4v) is 2.61. The number of hydrogen-bond donors (Lipinski definition) is 1. The van der Waals surface area contributed by atoms with Crippen molar-refractivity contribution in [2.75, 3.05) is 6.61 Å². The molecular formula is C17H14BrFN4O2. The van der Waals surface area contributed by atoms with Gasteiger partial charge in [-0.3, -0.25) is 9.36 Å². The van der Waals surface area contributed by atoms with Crippen LogP contribution in [0.15, 0.2) is 59.3 Å². The monoisotopic (exact) mass is 404 g/mol. The summed E-state index contributed by atoms with van der Waals surface area (Å²) >= 11 is 3.18. The van der Waals surface area contributed by atoms with E-state index in [9.17, 15) is 9.18 Å². The van der Waals surface area contributed by atoms with Crippen LogP contribution in [0.2, 0.25) is 0 Å². The minimum Gasteiger partial charge on any atom is -0.483 e. The quantitative estimate of drug-likeness (QED) is 0.685. The Labute approximate surface area is 151 Å². The molecule has 1 aromatic heterocycles. The van der Waals surface area contributed by atoms with Crippen LogP contribution in [0.5, 0.6) is 5.75 Å². The van der Waals surface area contributed by atoms with E-state index in [0.29, 0.717) is 16.0 Å². The van der Waals surface area contributed by atoms with Gasteiger partial charge in [-0.05, 0) is 46.3 Å². The van der Waals surface area contributed by atoms with E-state index in [2.05, 4.69) is 31.4 Å². The molecule has 0 bridgehead atoms. The van der Waals surface area contributed by atoms with Gasteiger partial charge in [0.2, 0.25) is 0 Å². The first kappa shape index (κ1) is 17.1. The third kappa shape index (κ3) is 4.42. The molecule has 0 aliphatic heterocycles. The average Bonchev–Trinajstić information content (AvgIpc) is 3.08. The zero-order chi connectivity index (χ0) is 17.6. The number of hydrogen-bond acceptors (Lipinski definition) is 4. The summed E-state index contributed by atoms with van der Waals surface area (Å²) in [6.45, 7) is 0.0192. The molecule has 6 nitrogen and oxygen atoms in total. The number of amides is 1. The SMILES string of the molecule is O=C(COc1ccc(F)cc1Br)NCc1nncn1-c1ccccc1. The molecule has 0 saturated carbocycles. The molecule has 3 aromatic rings. The van der Waals surface area contributed by atoms with E-state index in [1.54, 1.807) is 10.9 Å². The molecular weight excluding hydrogens is 391 g/mol. The maximum atomic E-state index is 13.0. The molecule has 0 atom stereocenters. The van der Waals surface area contributed by atoms with Crippen molar-refractivity contribution in [3.05, 3.63) is 71.0 Å². The first-order chi connectivity index (χ1) is 12.1. The summed E-state index contributed by atoms with van der Waals surface area (Å²) in [5.74, 6) is 0.286. The first-order valence-electron chi connectivity index (χ1n) is 7.42. The number of aromatic nitrogens is 3. The minimum atomic E-state index is -0.385. The van der Waals surface area contributed by atoms with Crippen molar-refractivity contribution < 1.29 is 13.9 Å². The largest absolute Gasteiger partial charge is 0.483 e. The Morgan fingerprint density at radius 1 is 1.24 bits per heavy atom. The van der Waals surface area contributed by atoms with Crippen molar-refractivity contribution in [2.24, 2.45) is 0 Å². The van der Waals surface area contributed by atoms with E-state index in [4.69, 9.17) is 4.74 Å². The van der Waals surface area contributed by atoms with Crippen molar-refractivity contribution in [3.63, 3.8) is 0 Å². The smallest absolute Gasteiger partial charge is 0.258 e. The Morgan fingerprint density at radius 3 is 2.80 bits per heavy atom.